The summed E-state index contributed by atoms with van der Waals surface area (Å²) in [5, 5.41) is 0. The molecule has 3 nitrogen and oxygen atoms in total. The van der Waals surface area contributed by atoms with Gasteiger partial charge in [-0.2, -0.15) is 0 Å². The first-order chi connectivity index (χ1) is 5.13. The van der Waals surface area contributed by atoms with Crippen molar-refractivity contribution in [3.63, 3.8) is 0 Å². The molecule has 2 N–H and O–H groups in total. The quantitative estimate of drug-likeness (QED) is 0.491. The molecule has 0 aromatic carbocycles. The van der Waals surface area contributed by atoms with Gasteiger partial charge in [0.05, 0.1) is 0 Å². The average molecular weight is 157 g/mol. The summed E-state index contributed by atoms with van der Waals surface area (Å²) in [5.74, 6) is 0.641. The molecule has 0 spiro atoms. The second kappa shape index (κ2) is 4.99. The Bertz CT molecular complexity index is 129. The van der Waals surface area contributed by atoms with Crippen LogP contribution in [0.1, 0.15) is 27.2 Å². The largest absolute Gasteiger partial charge is 0.370 e. The zero-order valence-corrected chi connectivity index (χ0v) is 7.96. The van der Waals surface area contributed by atoms with Gasteiger partial charge in [0.15, 0.2) is 5.96 Å². The molecule has 0 aliphatic carbocycles. The number of rotatable bonds is 3. The van der Waals surface area contributed by atoms with Crippen molar-refractivity contribution in [1.82, 2.24) is 4.90 Å². The van der Waals surface area contributed by atoms with Gasteiger partial charge in [-0.1, -0.05) is 6.92 Å². The fourth-order valence-corrected chi connectivity index (χ4v) is 1.01. The molecule has 0 aromatic rings. The number of hydrogen-bond acceptors (Lipinski definition) is 1. The Kier molecular flexibility index (Phi) is 4.66. The third kappa shape index (κ3) is 3.25. The van der Waals surface area contributed by atoms with Crippen molar-refractivity contribution >= 4 is 5.96 Å². The summed E-state index contributed by atoms with van der Waals surface area (Å²) in [7, 11) is 1.72. The Balaban J connectivity index is 4.10. The third-order valence-electron chi connectivity index (χ3n) is 1.61. The second-order valence-corrected chi connectivity index (χ2v) is 2.87. The first-order valence-electron chi connectivity index (χ1n) is 4.12. The molecule has 0 saturated carbocycles. The predicted molar refractivity (Wildman–Crippen MR) is 49.7 cm³/mol. The van der Waals surface area contributed by atoms with Gasteiger partial charge in [-0.3, -0.25) is 4.99 Å². The van der Waals surface area contributed by atoms with Crippen molar-refractivity contribution in [1.29, 1.82) is 0 Å². The fourth-order valence-electron chi connectivity index (χ4n) is 1.01. The molecule has 0 bridgehead atoms. The summed E-state index contributed by atoms with van der Waals surface area (Å²) in [5.41, 5.74) is 5.68. The Hall–Kier alpha value is -0.730. The van der Waals surface area contributed by atoms with Crippen LogP contribution in [0.2, 0.25) is 0 Å². The molecule has 3 heteroatoms. The average Bonchev–Trinajstić information content (AvgIpc) is 1.98. The van der Waals surface area contributed by atoms with Crippen LogP contribution in [0.25, 0.3) is 0 Å². The van der Waals surface area contributed by atoms with Crippen LogP contribution in [0.5, 0.6) is 0 Å². The van der Waals surface area contributed by atoms with E-state index >= 15 is 0 Å². The molecule has 0 fully saturated rings. The lowest BCUT2D eigenvalue weighted by Gasteiger charge is -2.26. The van der Waals surface area contributed by atoms with Gasteiger partial charge in [-0.15, -0.1) is 0 Å². The smallest absolute Gasteiger partial charge is 0.191 e. The van der Waals surface area contributed by atoms with E-state index in [1.54, 1.807) is 7.05 Å². The summed E-state index contributed by atoms with van der Waals surface area (Å²) >= 11 is 0. The Morgan fingerprint density at radius 2 is 2.09 bits per heavy atom. The van der Waals surface area contributed by atoms with E-state index in [-0.39, 0.29) is 0 Å². The fraction of sp³-hybridized carbons (Fsp3) is 0.875. The molecule has 0 saturated heterocycles. The van der Waals surface area contributed by atoms with Crippen molar-refractivity contribution in [2.45, 2.75) is 33.2 Å². The molecule has 0 aliphatic rings. The second-order valence-electron chi connectivity index (χ2n) is 2.87. The van der Waals surface area contributed by atoms with Crippen LogP contribution in [-0.4, -0.2) is 30.5 Å². The van der Waals surface area contributed by atoms with Crippen LogP contribution >= 0.6 is 0 Å². The summed E-state index contributed by atoms with van der Waals surface area (Å²) < 4.78 is 0. The third-order valence-corrected chi connectivity index (χ3v) is 1.61. The number of aliphatic imine (C=N–C) groups is 1. The molecule has 11 heavy (non-hydrogen) atoms. The topological polar surface area (TPSA) is 41.6 Å². The van der Waals surface area contributed by atoms with Gasteiger partial charge in [0.2, 0.25) is 0 Å². The zero-order chi connectivity index (χ0) is 8.85. The minimum Gasteiger partial charge on any atom is -0.370 e. The Morgan fingerprint density at radius 3 is 2.36 bits per heavy atom. The van der Waals surface area contributed by atoms with Crippen LogP contribution < -0.4 is 5.73 Å². The first kappa shape index (κ1) is 10.3. The van der Waals surface area contributed by atoms with E-state index in [0.29, 0.717) is 12.0 Å². The lowest BCUT2D eigenvalue weighted by Crippen LogP contribution is -2.42. The molecule has 66 valence electrons. The summed E-state index contributed by atoms with van der Waals surface area (Å²) in [4.78, 5) is 6.05. The van der Waals surface area contributed by atoms with E-state index in [1.165, 1.54) is 0 Å². The standard InChI is InChI=1S/C8H19N3/c1-5-6-11(7(2)3)8(9)10-4/h7H,5-6H2,1-4H3,(H2,9,10). The molecule has 0 unspecified atom stereocenters. The molecular formula is C8H19N3. The van der Waals surface area contributed by atoms with Crippen LogP contribution in [0.3, 0.4) is 0 Å². The summed E-state index contributed by atoms with van der Waals surface area (Å²) in [6, 6.07) is 0.443. The molecular weight excluding hydrogens is 138 g/mol. The number of hydrogen-bond donors (Lipinski definition) is 1. The van der Waals surface area contributed by atoms with Gasteiger partial charge >= 0.3 is 0 Å². The van der Waals surface area contributed by atoms with Crippen LogP contribution in [-0.2, 0) is 0 Å². The normalized spacial score (nSPS) is 12.3. The molecule has 0 amide bonds. The van der Waals surface area contributed by atoms with E-state index in [9.17, 15) is 0 Å². The Labute approximate surface area is 69.3 Å². The summed E-state index contributed by atoms with van der Waals surface area (Å²) in [6.45, 7) is 7.36. The summed E-state index contributed by atoms with van der Waals surface area (Å²) in [6.07, 6.45) is 1.11. The highest BCUT2D eigenvalue weighted by atomic mass is 15.3. The van der Waals surface area contributed by atoms with Gasteiger partial charge in [0.1, 0.15) is 0 Å². The Morgan fingerprint density at radius 1 is 1.55 bits per heavy atom. The maximum Gasteiger partial charge on any atom is 0.191 e. The SMILES string of the molecule is CCCN(/C(N)=N\C)C(C)C. The van der Waals surface area contributed by atoms with Gasteiger partial charge in [-0.05, 0) is 20.3 Å². The van der Waals surface area contributed by atoms with Crippen LogP contribution in [0, 0.1) is 0 Å². The molecule has 0 radical (unpaired) electrons. The number of guanidine groups is 1. The van der Waals surface area contributed by atoms with Gasteiger partial charge in [0.25, 0.3) is 0 Å². The molecule has 0 heterocycles. The van der Waals surface area contributed by atoms with Gasteiger partial charge in [0, 0.05) is 19.6 Å². The minimum atomic E-state index is 0.443. The molecule has 0 aromatic heterocycles. The lowest BCUT2D eigenvalue weighted by molar-refractivity contribution is 0.345. The molecule has 0 atom stereocenters. The molecule has 0 aliphatic heterocycles. The minimum absolute atomic E-state index is 0.443. The van der Waals surface area contributed by atoms with E-state index in [0.717, 1.165) is 13.0 Å². The van der Waals surface area contributed by atoms with E-state index < -0.39 is 0 Å². The van der Waals surface area contributed by atoms with Gasteiger partial charge < -0.3 is 10.6 Å². The van der Waals surface area contributed by atoms with E-state index in [2.05, 4.69) is 30.7 Å². The van der Waals surface area contributed by atoms with Crippen LogP contribution in [0.15, 0.2) is 4.99 Å². The van der Waals surface area contributed by atoms with Crippen LogP contribution in [0.4, 0.5) is 0 Å². The monoisotopic (exact) mass is 157 g/mol. The van der Waals surface area contributed by atoms with Crippen molar-refractivity contribution < 1.29 is 0 Å². The van der Waals surface area contributed by atoms with Crippen molar-refractivity contribution in [2.24, 2.45) is 10.7 Å². The highest BCUT2D eigenvalue weighted by Crippen LogP contribution is 1.98. The van der Waals surface area contributed by atoms with Gasteiger partial charge in [-0.25, -0.2) is 0 Å². The highest BCUT2D eigenvalue weighted by molar-refractivity contribution is 5.78. The lowest BCUT2D eigenvalue weighted by atomic mass is 10.3. The van der Waals surface area contributed by atoms with E-state index in [1.807, 2.05) is 0 Å². The van der Waals surface area contributed by atoms with Crippen molar-refractivity contribution in [3.8, 4) is 0 Å². The number of nitrogens with two attached hydrogens (primary N) is 1. The maximum atomic E-state index is 5.68. The number of nitrogens with zero attached hydrogens (tertiary/aromatic N) is 2. The van der Waals surface area contributed by atoms with Crippen molar-refractivity contribution in [3.05, 3.63) is 0 Å². The maximum absolute atomic E-state index is 5.68. The first-order valence-corrected chi connectivity index (χ1v) is 4.12. The zero-order valence-electron chi connectivity index (χ0n) is 7.96. The van der Waals surface area contributed by atoms with E-state index in [4.69, 9.17) is 5.73 Å². The van der Waals surface area contributed by atoms with Crippen molar-refractivity contribution in [2.75, 3.05) is 13.6 Å². The predicted octanol–water partition coefficient (Wildman–Crippen LogP) is 1.05. The molecule has 0 rings (SSSR count). The highest BCUT2D eigenvalue weighted by Gasteiger charge is 2.08.